The van der Waals surface area contributed by atoms with Crippen molar-refractivity contribution in [1.82, 2.24) is 9.29 Å². The summed E-state index contributed by atoms with van der Waals surface area (Å²) < 4.78 is 26.3. The minimum Gasteiger partial charge on any atom is -0.315 e. The van der Waals surface area contributed by atoms with Gasteiger partial charge in [-0.3, -0.25) is 4.79 Å². The van der Waals surface area contributed by atoms with Crippen LogP contribution in [0.15, 0.2) is 9.00 Å². The van der Waals surface area contributed by atoms with E-state index in [-0.39, 0.29) is 15.1 Å². The van der Waals surface area contributed by atoms with Crippen molar-refractivity contribution in [3.63, 3.8) is 0 Å². The van der Waals surface area contributed by atoms with Gasteiger partial charge < -0.3 is 4.98 Å². The molecule has 0 aliphatic rings. The van der Waals surface area contributed by atoms with Crippen molar-refractivity contribution in [2.24, 2.45) is 0 Å². The fourth-order valence-corrected chi connectivity index (χ4v) is 5.47. The largest absolute Gasteiger partial charge is 0.315 e. The molecule has 1 N–H and O–H groups in total. The minimum absolute atomic E-state index is 0.0541. The molecular formula is C10H18N2O3S3. The Morgan fingerprint density at radius 1 is 1.50 bits per heavy atom. The molecule has 5 nitrogen and oxygen atoms in total. The number of aromatic nitrogens is 1. The number of rotatable bonds is 6. The summed E-state index contributed by atoms with van der Waals surface area (Å²) in [5.74, 6) is 0.741. The molecule has 0 bridgehead atoms. The highest BCUT2D eigenvalue weighted by Crippen LogP contribution is 2.23. The van der Waals surface area contributed by atoms with Crippen molar-refractivity contribution >= 4 is 33.1 Å². The van der Waals surface area contributed by atoms with E-state index in [0.29, 0.717) is 5.69 Å². The third-order valence-electron chi connectivity index (χ3n) is 2.74. The molecule has 0 saturated carbocycles. The number of aromatic amines is 1. The fraction of sp³-hybridized carbons (Fsp3) is 0.700. The van der Waals surface area contributed by atoms with Crippen LogP contribution in [0.4, 0.5) is 0 Å². The van der Waals surface area contributed by atoms with Crippen LogP contribution in [0.3, 0.4) is 0 Å². The maximum absolute atomic E-state index is 12.4. The number of nitrogens with zero attached hydrogens (tertiary/aromatic N) is 1. The normalized spacial score (nSPS) is 14.1. The third-order valence-corrected chi connectivity index (χ3v) is 6.95. The van der Waals surface area contributed by atoms with Gasteiger partial charge in [0.15, 0.2) is 4.21 Å². The average molecular weight is 310 g/mol. The van der Waals surface area contributed by atoms with Gasteiger partial charge in [0.1, 0.15) is 0 Å². The number of H-pyrrole nitrogens is 1. The van der Waals surface area contributed by atoms with Crippen LogP contribution in [0, 0.1) is 6.92 Å². The Hall–Kier alpha value is -0.310. The van der Waals surface area contributed by atoms with Gasteiger partial charge in [-0.1, -0.05) is 18.3 Å². The van der Waals surface area contributed by atoms with Crippen LogP contribution < -0.4 is 4.87 Å². The summed E-state index contributed by atoms with van der Waals surface area (Å²) in [6.07, 6.45) is 2.69. The van der Waals surface area contributed by atoms with Crippen molar-refractivity contribution in [3.8, 4) is 0 Å². The number of thiazole rings is 1. The molecule has 0 aliphatic heterocycles. The molecule has 0 radical (unpaired) electrons. The first-order valence-corrected chi connectivity index (χ1v) is 9.16. The van der Waals surface area contributed by atoms with Gasteiger partial charge in [0.2, 0.25) is 0 Å². The van der Waals surface area contributed by atoms with Crippen LogP contribution in [0.1, 0.15) is 19.0 Å². The summed E-state index contributed by atoms with van der Waals surface area (Å²) in [7, 11) is -2.00. The van der Waals surface area contributed by atoms with E-state index in [4.69, 9.17) is 0 Å². The molecule has 0 aromatic carbocycles. The van der Waals surface area contributed by atoms with Gasteiger partial charge in [-0.2, -0.15) is 16.1 Å². The molecule has 0 aliphatic carbocycles. The zero-order chi connectivity index (χ0) is 13.9. The Kier molecular flexibility index (Phi) is 5.45. The Morgan fingerprint density at radius 2 is 2.11 bits per heavy atom. The Morgan fingerprint density at radius 3 is 2.50 bits per heavy atom. The van der Waals surface area contributed by atoms with E-state index in [1.165, 1.54) is 4.31 Å². The summed E-state index contributed by atoms with van der Waals surface area (Å²) in [5, 5.41) is 0. The standard InChI is InChI=1S/C10H18N2O3S3/c1-5-8(6-16-4)12(3)18(14,15)9-7(2)11-10(13)17-9/h8H,5-6H2,1-4H3,(H,11,13). The highest BCUT2D eigenvalue weighted by atomic mass is 32.2. The highest BCUT2D eigenvalue weighted by molar-refractivity contribution is 7.98. The molecule has 0 amide bonds. The first-order valence-electron chi connectivity index (χ1n) is 5.51. The van der Waals surface area contributed by atoms with Crippen molar-refractivity contribution in [2.45, 2.75) is 30.5 Å². The van der Waals surface area contributed by atoms with Gasteiger partial charge >= 0.3 is 4.87 Å². The van der Waals surface area contributed by atoms with Gasteiger partial charge in [-0.25, -0.2) is 8.42 Å². The maximum Gasteiger partial charge on any atom is 0.305 e. The first kappa shape index (κ1) is 15.7. The third kappa shape index (κ3) is 3.17. The molecule has 1 heterocycles. The van der Waals surface area contributed by atoms with Crippen molar-refractivity contribution in [2.75, 3.05) is 19.1 Å². The minimum atomic E-state index is -3.58. The summed E-state index contributed by atoms with van der Waals surface area (Å²) in [6.45, 7) is 3.56. The molecule has 8 heteroatoms. The molecule has 1 rings (SSSR count). The number of hydrogen-bond donors (Lipinski definition) is 1. The Balaban J connectivity index is 3.13. The molecule has 1 atom stereocenters. The molecule has 0 fully saturated rings. The van der Waals surface area contributed by atoms with E-state index >= 15 is 0 Å². The second-order valence-corrected chi connectivity index (χ2v) is 8.05. The number of nitrogens with one attached hydrogen (secondary N) is 1. The molecule has 18 heavy (non-hydrogen) atoms. The van der Waals surface area contributed by atoms with E-state index in [1.54, 1.807) is 25.7 Å². The second kappa shape index (κ2) is 6.23. The van der Waals surface area contributed by atoms with Crippen LogP contribution in [0.5, 0.6) is 0 Å². The molecule has 1 unspecified atom stereocenters. The van der Waals surface area contributed by atoms with E-state index in [2.05, 4.69) is 4.98 Å². The van der Waals surface area contributed by atoms with E-state index in [9.17, 15) is 13.2 Å². The first-order chi connectivity index (χ1) is 8.34. The van der Waals surface area contributed by atoms with Crippen LogP contribution in [-0.4, -0.2) is 42.8 Å². The summed E-state index contributed by atoms with van der Waals surface area (Å²) in [4.78, 5) is 13.4. The summed E-state index contributed by atoms with van der Waals surface area (Å²) in [6, 6.07) is -0.0541. The average Bonchev–Trinajstić information content (AvgIpc) is 2.65. The lowest BCUT2D eigenvalue weighted by Crippen LogP contribution is -2.38. The quantitative estimate of drug-likeness (QED) is 0.864. The highest BCUT2D eigenvalue weighted by Gasteiger charge is 2.30. The number of hydrogen-bond acceptors (Lipinski definition) is 5. The smallest absolute Gasteiger partial charge is 0.305 e. The van der Waals surface area contributed by atoms with Gasteiger partial charge in [0, 0.05) is 24.5 Å². The zero-order valence-electron chi connectivity index (χ0n) is 10.9. The predicted octanol–water partition coefficient (Wildman–Crippen LogP) is 1.51. The number of sulfonamides is 1. The number of thioether (sulfide) groups is 1. The van der Waals surface area contributed by atoms with E-state index in [0.717, 1.165) is 23.5 Å². The number of aryl methyl sites for hydroxylation is 1. The van der Waals surface area contributed by atoms with E-state index < -0.39 is 10.0 Å². The Bertz CT molecular complexity index is 547. The summed E-state index contributed by atoms with van der Waals surface area (Å²) >= 11 is 2.36. The lowest BCUT2D eigenvalue weighted by Gasteiger charge is -2.25. The van der Waals surface area contributed by atoms with Crippen molar-refractivity contribution in [1.29, 1.82) is 0 Å². The molecule has 104 valence electrons. The van der Waals surface area contributed by atoms with Crippen molar-refractivity contribution in [3.05, 3.63) is 15.4 Å². The topological polar surface area (TPSA) is 70.2 Å². The SMILES string of the molecule is CCC(CSC)N(C)S(=O)(=O)c1sc(=O)[nH]c1C. The molecular weight excluding hydrogens is 292 g/mol. The van der Waals surface area contributed by atoms with E-state index in [1.807, 2.05) is 13.2 Å². The molecule has 1 aromatic heterocycles. The Labute approximate surface area is 116 Å². The predicted molar refractivity (Wildman–Crippen MR) is 77.1 cm³/mol. The van der Waals surface area contributed by atoms with Gasteiger partial charge in [-0.05, 0) is 19.6 Å². The molecule has 0 saturated heterocycles. The van der Waals surface area contributed by atoms with Crippen LogP contribution in [0.25, 0.3) is 0 Å². The van der Waals surface area contributed by atoms with Crippen LogP contribution in [-0.2, 0) is 10.0 Å². The maximum atomic E-state index is 12.4. The lowest BCUT2D eigenvalue weighted by molar-refractivity contribution is 0.386. The lowest BCUT2D eigenvalue weighted by atomic mass is 10.3. The fourth-order valence-electron chi connectivity index (χ4n) is 1.64. The molecule has 0 spiro atoms. The monoisotopic (exact) mass is 310 g/mol. The van der Waals surface area contributed by atoms with Gasteiger partial charge in [0.25, 0.3) is 10.0 Å². The zero-order valence-corrected chi connectivity index (χ0v) is 13.3. The van der Waals surface area contributed by atoms with Crippen molar-refractivity contribution < 1.29 is 8.42 Å². The van der Waals surface area contributed by atoms with Crippen LogP contribution in [0.2, 0.25) is 0 Å². The van der Waals surface area contributed by atoms with Gasteiger partial charge in [-0.15, -0.1) is 0 Å². The molecule has 1 aromatic rings. The van der Waals surface area contributed by atoms with Gasteiger partial charge in [0.05, 0.1) is 0 Å². The van der Waals surface area contributed by atoms with Crippen LogP contribution >= 0.6 is 23.1 Å². The second-order valence-electron chi connectivity index (χ2n) is 3.97. The summed E-state index contributed by atoms with van der Waals surface area (Å²) in [5.41, 5.74) is 0.413.